The predicted molar refractivity (Wildman–Crippen MR) is 168 cm³/mol. The van der Waals surface area contributed by atoms with Gasteiger partial charge in [0.25, 0.3) is 0 Å². The molecule has 1 aliphatic heterocycles. The maximum Gasteiger partial charge on any atom is 0.248 e. The summed E-state index contributed by atoms with van der Waals surface area (Å²) in [6.07, 6.45) is 3.15. The van der Waals surface area contributed by atoms with Crippen LogP contribution >= 0.6 is 0 Å². The van der Waals surface area contributed by atoms with Crippen LogP contribution in [0.4, 0.5) is 4.39 Å². The Morgan fingerprint density at radius 2 is 1.66 bits per heavy atom. The summed E-state index contributed by atoms with van der Waals surface area (Å²) in [5, 5.41) is 28.3. The monoisotopic (exact) mass is 635 g/mol. The van der Waals surface area contributed by atoms with Gasteiger partial charge in [0.2, 0.25) is 17.7 Å². The number of halogens is 1. The number of tetrazole rings is 1. The SMILES string of the molecule is N#CC1CCCN1C(=O)CN[C@H](Cc1ccc(F)cc1)CC1(c2nnn[nH]2)c2ccc(C(N)=O)cc2CCc2cc(C(N)=O)ccc21. The van der Waals surface area contributed by atoms with E-state index in [9.17, 15) is 24.0 Å². The zero-order valence-electron chi connectivity index (χ0n) is 25.6. The lowest BCUT2D eigenvalue weighted by Gasteiger charge is -2.38. The zero-order valence-corrected chi connectivity index (χ0v) is 25.6. The van der Waals surface area contributed by atoms with E-state index in [0.29, 0.717) is 55.6 Å². The van der Waals surface area contributed by atoms with E-state index < -0.39 is 29.3 Å². The van der Waals surface area contributed by atoms with Crippen LogP contribution in [-0.2, 0) is 29.5 Å². The number of aromatic amines is 1. The fourth-order valence-electron chi connectivity index (χ4n) is 7.09. The quantitative estimate of drug-likeness (QED) is 0.203. The average Bonchev–Trinajstić information content (AvgIpc) is 3.77. The minimum Gasteiger partial charge on any atom is -0.366 e. The first kappa shape index (κ1) is 31.5. The largest absolute Gasteiger partial charge is 0.366 e. The highest BCUT2D eigenvalue weighted by Gasteiger charge is 2.46. The van der Waals surface area contributed by atoms with Crippen molar-refractivity contribution < 1.29 is 18.8 Å². The molecule has 0 saturated carbocycles. The van der Waals surface area contributed by atoms with Gasteiger partial charge < -0.3 is 21.7 Å². The van der Waals surface area contributed by atoms with E-state index in [-0.39, 0.29) is 18.3 Å². The molecule has 13 heteroatoms. The first-order chi connectivity index (χ1) is 22.7. The van der Waals surface area contributed by atoms with Crippen LogP contribution in [0.2, 0.25) is 0 Å². The molecule has 0 bridgehead atoms. The molecule has 0 spiro atoms. The average molecular weight is 636 g/mol. The second kappa shape index (κ2) is 13.1. The number of hydrogen-bond donors (Lipinski definition) is 4. The standard InChI is InChI=1S/C34H34FN9O3/c35-25-9-3-20(4-10-25)14-26(39-19-30(45)44-13-1-2-27(44)18-36)17-34(33-40-42-43-41-33)28-11-7-23(31(37)46)15-21(28)5-6-22-16-24(32(38)47)8-12-29(22)34/h3-4,7-12,15-16,26-27,39H,1-2,5-6,13-14,17,19H2,(H2,37,46)(H2,38,47)(H,40,41,42,43)/t26-,27?/m1/s1. The van der Waals surface area contributed by atoms with E-state index in [1.165, 1.54) is 12.1 Å². The fourth-order valence-corrected chi connectivity index (χ4v) is 7.09. The Morgan fingerprint density at radius 1 is 1.02 bits per heavy atom. The summed E-state index contributed by atoms with van der Waals surface area (Å²) in [7, 11) is 0. The number of likely N-dealkylation sites (tertiary alicyclic amines) is 1. The van der Waals surface area contributed by atoms with Gasteiger partial charge in [0, 0.05) is 23.7 Å². The number of aryl methyl sites for hydroxylation is 2. The van der Waals surface area contributed by atoms with Gasteiger partial charge in [0.1, 0.15) is 11.9 Å². The summed E-state index contributed by atoms with van der Waals surface area (Å²) in [5.41, 5.74) is 15.2. The second-order valence-corrected chi connectivity index (χ2v) is 12.1. The number of benzene rings is 3. The van der Waals surface area contributed by atoms with Crippen molar-refractivity contribution in [3.8, 4) is 6.07 Å². The smallest absolute Gasteiger partial charge is 0.248 e. The molecule has 2 atom stereocenters. The lowest BCUT2D eigenvalue weighted by Crippen LogP contribution is -2.47. The van der Waals surface area contributed by atoms with Crippen molar-refractivity contribution >= 4 is 17.7 Å². The van der Waals surface area contributed by atoms with Crippen LogP contribution in [0.1, 0.15) is 73.6 Å². The highest BCUT2D eigenvalue weighted by atomic mass is 19.1. The number of nitrogens with one attached hydrogen (secondary N) is 2. The first-order valence-corrected chi connectivity index (χ1v) is 15.5. The Bertz CT molecular complexity index is 1790. The number of hydrogen-bond acceptors (Lipinski definition) is 8. The molecule has 6 rings (SSSR count). The third-order valence-corrected chi connectivity index (χ3v) is 9.32. The summed E-state index contributed by atoms with van der Waals surface area (Å²) < 4.78 is 13.9. The minimum atomic E-state index is -1.07. The van der Waals surface area contributed by atoms with E-state index in [1.807, 2.05) is 12.1 Å². The highest BCUT2D eigenvalue weighted by Crippen LogP contribution is 2.47. The molecule has 6 N–H and O–H groups in total. The number of nitrogens with two attached hydrogens (primary N) is 2. The summed E-state index contributed by atoms with van der Waals surface area (Å²) >= 11 is 0. The fraction of sp³-hybridized carbons (Fsp3) is 0.324. The molecule has 1 unspecified atom stereocenters. The normalized spacial score (nSPS) is 17.2. The molecule has 47 heavy (non-hydrogen) atoms. The van der Waals surface area contributed by atoms with Gasteiger partial charge in [-0.15, -0.1) is 5.10 Å². The lowest BCUT2D eigenvalue weighted by atomic mass is 9.67. The van der Waals surface area contributed by atoms with E-state index in [1.54, 1.807) is 41.3 Å². The number of fused-ring (bicyclic) bond motifs is 2. The van der Waals surface area contributed by atoms with Gasteiger partial charge in [0.05, 0.1) is 18.0 Å². The number of primary amides is 2. The summed E-state index contributed by atoms with van der Waals surface area (Å²) in [5.74, 6) is -1.26. The molecule has 3 amide bonds. The molecule has 3 aromatic carbocycles. The van der Waals surface area contributed by atoms with Crippen LogP contribution in [0.3, 0.4) is 0 Å². The van der Waals surface area contributed by atoms with Crippen molar-refractivity contribution in [1.29, 1.82) is 5.26 Å². The Labute approximate surface area is 270 Å². The number of H-pyrrole nitrogens is 1. The molecular formula is C34H34FN9O3. The number of nitrogens with zero attached hydrogens (tertiary/aromatic N) is 5. The van der Waals surface area contributed by atoms with Gasteiger partial charge in [-0.05, 0) is 113 Å². The Morgan fingerprint density at radius 3 is 2.21 bits per heavy atom. The van der Waals surface area contributed by atoms with Gasteiger partial charge >= 0.3 is 0 Å². The molecule has 1 saturated heterocycles. The maximum absolute atomic E-state index is 13.9. The van der Waals surface area contributed by atoms with Crippen LogP contribution in [0.5, 0.6) is 0 Å². The van der Waals surface area contributed by atoms with Crippen molar-refractivity contribution in [2.75, 3.05) is 13.1 Å². The highest BCUT2D eigenvalue weighted by molar-refractivity contribution is 5.94. The van der Waals surface area contributed by atoms with Crippen molar-refractivity contribution in [2.45, 2.75) is 56.0 Å². The Kier molecular flexibility index (Phi) is 8.78. The van der Waals surface area contributed by atoms with Crippen molar-refractivity contribution in [3.63, 3.8) is 0 Å². The maximum atomic E-state index is 13.9. The van der Waals surface area contributed by atoms with Crippen LogP contribution < -0.4 is 16.8 Å². The molecule has 2 aliphatic rings. The van der Waals surface area contributed by atoms with Gasteiger partial charge in [0.15, 0.2) is 5.82 Å². The van der Waals surface area contributed by atoms with E-state index in [0.717, 1.165) is 34.2 Å². The summed E-state index contributed by atoms with van der Waals surface area (Å²) in [6.45, 7) is 0.482. The van der Waals surface area contributed by atoms with Gasteiger partial charge in [-0.1, -0.05) is 24.3 Å². The molecule has 12 nitrogen and oxygen atoms in total. The molecule has 1 aromatic heterocycles. The molecule has 0 radical (unpaired) electrons. The van der Waals surface area contributed by atoms with Crippen LogP contribution in [-0.4, -0.2) is 68.4 Å². The number of rotatable bonds is 10. The molecular weight excluding hydrogens is 601 g/mol. The van der Waals surface area contributed by atoms with Gasteiger partial charge in [-0.25, -0.2) is 9.49 Å². The third kappa shape index (κ3) is 6.19. The Hall–Kier alpha value is -5.48. The van der Waals surface area contributed by atoms with Crippen LogP contribution in [0.25, 0.3) is 0 Å². The zero-order chi connectivity index (χ0) is 33.1. The first-order valence-electron chi connectivity index (χ1n) is 15.5. The lowest BCUT2D eigenvalue weighted by molar-refractivity contribution is -0.130. The van der Waals surface area contributed by atoms with E-state index >= 15 is 0 Å². The second-order valence-electron chi connectivity index (χ2n) is 12.1. The molecule has 4 aromatic rings. The van der Waals surface area contributed by atoms with Crippen molar-refractivity contribution in [1.82, 2.24) is 30.8 Å². The molecule has 2 heterocycles. The number of aromatic nitrogens is 4. The van der Waals surface area contributed by atoms with E-state index in [4.69, 9.17) is 11.5 Å². The van der Waals surface area contributed by atoms with Crippen LogP contribution in [0, 0.1) is 17.1 Å². The number of carbonyl (C=O) groups excluding carboxylic acids is 3. The Balaban J connectivity index is 1.50. The summed E-state index contributed by atoms with van der Waals surface area (Å²) in [6, 6.07) is 18.1. The topological polar surface area (TPSA) is 197 Å². The van der Waals surface area contributed by atoms with Crippen molar-refractivity contribution in [2.24, 2.45) is 11.5 Å². The number of nitriles is 1. The van der Waals surface area contributed by atoms with E-state index in [2.05, 4.69) is 32.0 Å². The van der Waals surface area contributed by atoms with Gasteiger partial charge in [-0.3, -0.25) is 14.4 Å². The van der Waals surface area contributed by atoms with Gasteiger partial charge in [-0.2, -0.15) is 5.26 Å². The number of carbonyl (C=O) groups is 3. The van der Waals surface area contributed by atoms with Crippen LogP contribution in [0.15, 0.2) is 60.7 Å². The summed E-state index contributed by atoms with van der Waals surface area (Å²) in [4.78, 5) is 39.5. The van der Waals surface area contributed by atoms with Crippen molar-refractivity contribution in [3.05, 3.63) is 111 Å². The number of amides is 3. The molecule has 1 fully saturated rings. The predicted octanol–water partition coefficient (Wildman–Crippen LogP) is 2.08. The third-order valence-electron chi connectivity index (χ3n) is 9.32. The molecule has 240 valence electrons. The molecule has 1 aliphatic carbocycles. The minimum absolute atomic E-state index is 0.0320.